The summed E-state index contributed by atoms with van der Waals surface area (Å²) in [5.74, 6) is 1.63. The quantitative estimate of drug-likeness (QED) is 0.839. The Morgan fingerprint density at radius 3 is 2.76 bits per heavy atom. The van der Waals surface area contributed by atoms with Crippen LogP contribution in [0.15, 0.2) is 6.07 Å². The molecule has 0 unspecified atom stereocenters. The average molecular weight is 255 g/mol. The van der Waals surface area contributed by atoms with Gasteiger partial charge in [0.15, 0.2) is 0 Å². The molecule has 94 valence electrons. The van der Waals surface area contributed by atoms with Crippen LogP contribution in [-0.4, -0.2) is 28.1 Å². The molecule has 1 fully saturated rings. The number of rotatable bonds is 4. The number of anilines is 1. The second-order valence-corrected chi connectivity index (χ2v) is 4.79. The summed E-state index contributed by atoms with van der Waals surface area (Å²) < 4.78 is 0. The van der Waals surface area contributed by atoms with E-state index < -0.39 is 0 Å². The number of halogens is 1. The van der Waals surface area contributed by atoms with Gasteiger partial charge in [-0.1, -0.05) is 24.9 Å². The molecule has 0 aliphatic carbocycles. The Labute approximate surface area is 107 Å². The largest absolute Gasteiger partial charge is 0.303 e. The van der Waals surface area contributed by atoms with Crippen molar-refractivity contribution < 1.29 is 0 Å². The highest BCUT2D eigenvalue weighted by Crippen LogP contribution is 2.15. The van der Waals surface area contributed by atoms with Crippen molar-refractivity contribution in [2.24, 2.45) is 0 Å². The number of nitrogens with zero attached hydrogens (tertiary/aromatic N) is 3. The molecular formula is C12H19ClN4. The molecule has 0 spiro atoms. The van der Waals surface area contributed by atoms with Gasteiger partial charge in [-0.25, -0.2) is 15.0 Å². The highest BCUT2D eigenvalue weighted by molar-refractivity contribution is 6.29. The van der Waals surface area contributed by atoms with Crippen LogP contribution in [0.5, 0.6) is 0 Å². The minimum absolute atomic E-state index is 0.517. The number of nitrogens with one attached hydrogen (secondary N) is 1. The normalized spacial score (nSPS) is 17.1. The van der Waals surface area contributed by atoms with Crippen LogP contribution in [-0.2, 0) is 6.42 Å². The lowest BCUT2D eigenvalue weighted by molar-refractivity contribution is 0.272. The Bertz CT molecular complexity index is 364. The minimum atomic E-state index is 0.517. The second-order valence-electron chi connectivity index (χ2n) is 4.40. The fourth-order valence-corrected chi connectivity index (χ4v) is 2.23. The number of hydrogen-bond donors (Lipinski definition) is 1. The standard InChI is InChI=1S/C12H19ClN4/c1-2-6-11-14-10(13)9-12(15-11)16-17-7-4-3-5-8-17/h9H,2-8H2,1H3,(H,14,15,16). The molecule has 1 aromatic heterocycles. The molecule has 0 aromatic carbocycles. The van der Waals surface area contributed by atoms with E-state index in [0.717, 1.165) is 37.6 Å². The van der Waals surface area contributed by atoms with Crippen LogP contribution in [0.4, 0.5) is 5.82 Å². The molecule has 2 rings (SSSR count). The van der Waals surface area contributed by atoms with Gasteiger partial charge in [0.2, 0.25) is 0 Å². The third kappa shape index (κ3) is 3.82. The van der Waals surface area contributed by atoms with Gasteiger partial charge in [0.1, 0.15) is 16.8 Å². The number of hydrogen-bond acceptors (Lipinski definition) is 4. The third-order valence-corrected chi connectivity index (χ3v) is 3.04. The fourth-order valence-electron chi connectivity index (χ4n) is 2.03. The van der Waals surface area contributed by atoms with E-state index in [1.54, 1.807) is 6.07 Å². The summed E-state index contributed by atoms with van der Waals surface area (Å²) in [6, 6.07) is 1.79. The number of piperidine rings is 1. The maximum Gasteiger partial charge on any atom is 0.145 e. The molecule has 0 bridgehead atoms. The first kappa shape index (κ1) is 12.6. The molecule has 2 heterocycles. The monoisotopic (exact) mass is 254 g/mol. The van der Waals surface area contributed by atoms with Crippen LogP contribution in [0.2, 0.25) is 5.15 Å². The van der Waals surface area contributed by atoms with Gasteiger partial charge in [-0.2, -0.15) is 0 Å². The van der Waals surface area contributed by atoms with Gasteiger partial charge in [-0.15, -0.1) is 0 Å². The summed E-state index contributed by atoms with van der Waals surface area (Å²) >= 11 is 5.99. The minimum Gasteiger partial charge on any atom is -0.303 e. The molecule has 0 atom stereocenters. The number of aryl methyl sites for hydroxylation is 1. The molecule has 1 aromatic rings. The van der Waals surface area contributed by atoms with Gasteiger partial charge >= 0.3 is 0 Å². The Morgan fingerprint density at radius 2 is 2.06 bits per heavy atom. The van der Waals surface area contributed by atoms with Crippen LogP contribution >= 0.6 is 11.6 Å². The molecular weight excluding hydrogens is 236 g/mol. The van der Waals surface area contributed by atoms with Crippen LogP contribution in [0, 0.1) is 0 Å². The van der Waals surface area contributed by atoms with E-state index in [4.69, 9.17) is 11.6 Å². The van der Waals surface area contributed by atoms with Crippen molar-refractivity contribution in [3.05, 3.63) is 17.0 Å². The lowest BCUT2D eigenvalue weighted by Crippen LogP contribution is -2.35. The Kier molecular flexibility index (Phi) is 4.57. The summed E-state index contributed by atoms with van der Waals surface area (Å²) in [6.45, 7) is 4.26. The smallest absolute Gasteiger partial charge is 0.145 e. The van der Waals surface area contributed by atoms with Gasteiger partial charge in [-0.05, 0) is 19.3 Å². The van der Waals surface area contributed by atoms with Crippen LogP contribution in [0.1, 0.15) is 38.4 Å². The second kappa shape index (κ2) is 6.17. The van der Waals surface area contributed by atoms with E-state index in [1.165, 1.54) is 19.3 Å². The highest BCUT2D eigenvalue weighted by Gasteiger charge is 2.11. The van der Waals surface area contributed by atoms with Crippen molar-refractivity contribution in [1.82, 2.24) is 15.0 Å². The van der Waals surface area contributed by atoms with Gasteiger partial charge in [0.05, 0.1) is 0 Å². The zero-order valence-corrected chi connectivity index (χ0v) is 11.0. The highest BCUT2D eigenvalue weighted by atomic mass is 35.5. The Hall–Kier alpha value is -0.870. The van der Waals surface area contributed by atoms with Gasteiger partial charge < -0.3 is 5.43 Å². The van der Waals surface area contributed by atoms with E-state index in [0.29, 0.717) is 5.15 Å². The molecule has 1 aliphatic heterocycles. The molecule has 4 nitrogen and oxygen atoms in total. The van der Waals surface area contributed by atoms with E-state index in [9.17, 15) is 0 Å². The zero-order valence-electron chi connectivity index (χ0n) is 10.2. The lowest BCUT2D eigenvalue weighted by atomic mass is 10.2. The first-order valence-electron chi connectivity index (χ1n) is 6.33. The van der Waals surface area contributed by atoms with Crippen molar-refractivity contribution in [3.8, 4) is 0 Å². The van der Waals surface area contributed by atoms with Gasteiger partial charge in [0, 0.05) is 25.6 Å². The first-order valence-corrected chi connectivity index (χ1v) is 6.71. The first-order chi connectivity index (χ1) is 8.28. The predicted molar refractivity (Wildman–Crippen MR) is 70.1 cm³/mol. The van der Waals surface area contributed by atoms with Gasteiger partial charge in [0.25, 0.3) is 0 Å². The topological polar surface area (TPSA) is 41.1 Å². The molecule has 0 radical (unpaired) electrons. The maximum atomic E-state index is 5.99. The summed E-state index contributed by atoms with van der Waals surface area (Å²) in [5, 5.41) is 2.72. The summed E-state index contributed by atoms with van der Waals surface area (Å²) in [7, 11) is 0. The van der Waals surface area contributed by atoms with E-state index in [-0.39, 0.29) is 0 Å². The Morgan fingerprint density at radius 1 is 1.29 bits per heavy atom. The molecule has 0 amide bonds. The molecule has 1 N–H and O–H groups in total. The van der Waals surface area contributed by atoms with Crippen LogP contribution in [0.25, 0.3) is 0 Å². The molecule has 0 saturated carbocycles. The van der Waals surface area contributed by atoms with E-state index >= 15 is 0 Å². The van der Waals surface area contributed by atoms with E-state index in [1.807, 2.05) is 0 Å². The predicted octanol–water partition coefficient (Wildman–Crippen LogP) is 2.90. The van der Waals surface area contributed by atoms with Crippen LogP contribution in [0.3, 0.4) is 0 Å². The molecule has 1 aliphatic rings. The molecule has 1 saturated heterocycles. The number of hydrazine groups is 1. The summed E-state index contributed by atoms with van der Waals surface area (Å²) in [6.07, 6.45) is 5.71. The molecule has 5 heteroatoms. The number of aromatic nitrogens is 2. The van der Waals surface area contributed by atoms with Crippen molar-refractivity contribution in [3.63, 3.8) is 0 Å². The average Bonchev–Trinajstić information content (AvgIpc) is 2.30. The zero-order chi connectivity index (χ0) is 12.1. The summed E-state index contributed by atoms with van der Waals surface area (Å²) in [5.41, 5.74) is 3.32. The SMILES string of the molecule is CCCc1nc(Cl)cc(NN2CCCCC2)n1. The third-order valence-electron chi connectivity index (χ3n) is 2.84. The van der Waals surface area contributed by atoms with Gasteiger partial charge in [-0.3, -0.25) is 0 Å². The molecule has 17 heavy (non-hydrogen) atoms. The lowest BCUT2D eigenvalue weighted by Gasteiger charge is -2.27. The van der Waals surface area contributed by atoms with E-state index in [2.05, 4.69) is 27.3 Å². The fraction of sp³-hybridized carbons (Fsp3) is 0.667. The van der Waals surface area contributed by atoms with Crippen molar-refractivity contribution in [1.29, 1.82) is 0 Å². The Balaban J connectivity index is 2.03. The maximum absolute atomic E-state index is 5.99. The van der Waals surface area contributed by atoms with Crippen molar-refractivity contribution in [2.75, 3.05) is 18.5 Å². The van der Waals surface area contributed by atoms with Crippen molar-refractivity contribution in [2.45, 2.75) is 39.0 Å². The van der Waals surface area contributed by atoms with Crippen molar-refractivity contribution >= 4 is 17.4 Å². The van der Waals surface area contributed by atoms with Crippen LogP contribution < -0.4 is 5.43 Å². The summed E-state index contributed by atoms with van der Waals surface area (Å²) in [4.78, 5) is 8.68.